The van der Waals surface area contributed by atoms with Crippen molar-refractivity contribution in [3.8, 4) is 0 Å². The molecule has 168 valence electrons. The van der Waals surface area contributed by atoms with Crippen LogP contribution in [0.3, 0.4) is 0 Å². The van der Waals surface area contributed by atoms with Crippen LogP contribution in [0.2, 0.25) is 0 Å². The minimum absolute atomic E-state index is 0. The third-order valence-electron chi connectivity index (χ3n) is 6.74. The largest absolute Gasteiger partial charge is 0.375 e. The van der Waals surface area contributed by atoms with Crippen LogP contribution in [0.5, 0.6) is 0 Å². The zero-order valence-electron chi connectivity index (χ0n) is 18.5. The molecular formula is C22H37IN6O. The van der Waals surface area contributed by atoms with Crippen molar-refractivity contribution in [2.45, 2.75) is 69.8 Å². The number of halogens is 1. The number of hydrogen-bond acceptors (Lipinski definition) is 5. The molecule has 3 aliphatic rings. The Balaban J connectivity index is 0.00000256. The molecule has 3 fully saturated rings. The monoisotopic (exact) mass is 528 g/mol. The van der Waals surface area contributed by atoms with Gasteiger partial charge in [-0.3, -0.25) is 4.99 Å². The molecule has 4 heterocycles. The number of fused-ring (bicyclic) bond motifs is 2. The van der Waals surface area contributed by atoms with Crippen molar-refractivity contribution in [2.24, 2.45) is 4.99 Å². The normalized spacial score (nSPS) is 29.8. The van der Waals surface area contributed by atoms with Crippen LogP contribution in [-0.2, 0) is 11.3 Å². The number of nitrogens with zero attached hydrogens (tertiary/aromatic N) is 4. The highest BCUT2D eigenvalue weighted by molar-refractivity contribution is 14.0. The second kappa shape index (κ2) is 10.9. The van der Waals surface area contributed by atoms with Crippen molar-refractivity contribution in [1.82, 2.24) is 20.5 Å². The number of aromatic nitrogens is 1. The summed E-state index contributed by atoms with van der Waals surface area (Å²) < 4.78 is 5.65. The van der Waals surface area contributed by atoms with Gasteiger partial charge in [-0.15, -0.1) is 24.0 Å². The maximum Gasteiger partial charge on any atom is 0.191 e. The van der Waals surface area contributed by atoms with Crippen LogP contribution in [0.4, 0.5) is 5.82 Å². The van der Waals surface area contributed by atoms with Gasteiger partial charge < -0.3 is 25.2 Å². The Hall–Kier alpha value is -1.13. The van der Waals surface area contributed by atoms with Crippen molar-refractivity contribution >= 4 is 35.8 Å². The van der Waals surface area contributed by atoms with Gasteiger partial charge in [0.25, 0.3) is 0 Å². The highest BCUT2D eigenvalue weighted by Crippen LogP contribution is 2.32. The summed E-state index contributed by atoms with van der Waals surface area (Å²) in [6, 6.07) is 6.20. The number of rotatable bonds is 4. The quantitative estimate of drug-likeness (QED) is 0.356. The third-order valence-corrected chi connectivity index (χ3v) is 6.74. The Morgan fingerprint density at radius 1 is 1.30 bits per heavy atom. The van der Waals surface area contributed by atoms with Gasteiger partial charge in [0.1, 0.15) is 5.82 Å². The van der Waals surface area contributed by atoms with Crippen LogP contribution >= 0.6 is 24.0 Å². The molecule has 3 saturated heterocycles. The van der Waals surface area contributed by atoms with Gasteiger partial charge >= 0.3 is 0 Å². The summed E-state index contributed by atoms with van der Waals surface area (Å²) in [7, 11) is 4.16. The summed E-state index contributed by atoms with van der Waals surface area (Å²) in [6.07, 6.45) is 8.62. The van der Waals surface area contributed by atoms with E-state index in [4.69, 9.17) is 4.74 Å². The second-order valence-electron chi connectivity index (χ2n) is 8.79. The van der Waals surface area contributed by atoms with Crippen molar-refractivity contribution in [1.29, 1.82) is 0 Å². The summed E-state index contributed by atoms with van der Waals surface area (Å²) in [5, 5.41) is 7.18. The van der Waals surface area contributed by atoms with Crippen LogP contribution in [0, 0.1) is 0 Å². The maximum absolute atomic E-state index is 5.65. The standard InChI is InChI=1S/C22H36N6O.HI/c1-16-15-28(9-10-29-16)21-11-17(7-8-24-21)14-25-22(23-2)26-18-12-19-5-4-6-20(13-18)27(19)3;/h7-8,11,16,18-20H,4-6,9-10,12-15H2,1-3H3,(H2,23,25,26);1H. The fraction of sp³-hybridized carbons (Fsp3) is 0.727. The highest BCUT2D eigenvalue weighted by Gasteiger charge is 2.36. The average molecular weight is 528 g/mol. The smallest absolute Gasteiger partial charge is 0.191 e. The Morgan fingerprint density at radius 2 is 2.07 bits per heavy atom. The molecule has 3 aliphatic heterocycles. The molecule has 0 aromatic carbocycles. The molecule has 0 spiro atoms. The summed E-state index contributed by atoms with van der Waals surface area (Å²) in [5.74, 6) is 1.93. The molecule has 30 heavy (non-hydrogen) atoms. The van der Waals surface area contributed by atoms with Crippen LogP contribution in [-0.4, -0.2) is 73.9 Å². The number of morpholine rings is 1. The number of ether oxygens (including phenoxy) is 1. The molecule has 1 aromatic heterocycles. The minimum atomic E-state index is 0. The molecule has 2 N–H and O–H groups in total. The average Bonchev–Trinajstić information content (AvgIpc) is 2.72. The van der Waals surface area contributed by atoms with E-state index in [0.717, 1.165) is 50.1 Å². The Bertz CT molecular complexity index is 703. The number of pyridine rings is 1. The fourth-order valence-corrected chi connectivity index (χ4v) is 5.08. The summed E-state index contributed by atoms with van der Waals surface area (Å²) in [6.45, 7) is 5.42. The predicted molar refractivity (Wildman–Crippen MR) is 133 cm³/mol. The van der Waals surface area contributed by atoms with Crippen LogP contribution in [0.15, 0.2) is 23.3 Å². The second-order valence-corrected chi connectivity index (χ2v) is 8.79. The van der Waals surface area contributed by atoms with E-state index in [1.54, 1.807) is 0 Å². The molecule has 7 nitrogen and oxygen atoms in total. The van der Waals surface area contributed by atoms with Gasteiger partial charge in [-0.2, -0.15) is 0 Å². The van der Waals surface area contributed by atoms with Crippen molar-refractivity contribution in [3.05, 3.63) is 23.9 Å². The van der Waals surface area contributed by atoms with Crippen LogP contribution < -0.4 is 15.5 Å². The summed E-state index contributed by atoms with van der Waals surface area (Å²) in [5.41, 5.74) is 1.22. The number of hydrogen-bond donors (Lipinski definition) is 2. The van der Waals surface area contributed by atoms with E-state index in [1.807, 2.05) is 13.2 Å². The Labute approximate surface area is 198 Å². The van der Waals surface area contributed by atoms with E-state index >= 15 is 0 Å². The maximum atomic E-state index is 5.65. The van der Waals surface area contributed by atoms with Gasteiger partial charge in [0.15, 0.2) is 5.96 Å². The molecule has 2 bridgehead atoms. The predicted octanol–water partition coefficient (Wildman–Crippen LogP) is 2.61. The van der Waals surface area contributed by atoms with Crippen molar-refractivity contribution in [2.75, 3.05) is 38.7 Å². The SMILES string of the molecule is CN=C(NCc1ccnc(N2CCOC(C)C2)c1)NC1CC2CCCC(C1)N2C.I. The molecular weight excluding hydrogens is 491 g/mol. The molecule has 0 amide bonds. The van der Waals surface area contributed by atoms with Gasteiger partial charge in [0.2, 0.25) is 0 Å². The van der Waals surface area contributed by atoms with Crippen molar-refractivity contribution in [3.63, 3.8) is 0 Å². The first-order chi connectivity index (χ1) is 14.1. The summed E-state index contributed by atoms with van der Waals surface area (Å²) >= 11 is 0. The number of aliphatic imine (C=N–C) groups is 1. The molecule has 3 unspecified atom stereocenters. The molecule has 1 aromatic rings. The Morgan fingerprint density at radius 3 is 2.77 bits per heavy atom. The van der Waals surface area contributed by atoms with E-state index < -0.39 is 0 Å². The van der Waals surface area contributed by atoms with Gasteiger partial charge in [-0.05, 0) is 57.4 Å². The van der Waals surface area contributed by atoms with Gasteiger partial charge in [0.05, 0.1) is 12.7 Å². The first kappa shape index (κ1) is 23.5. The van der Waals surface area contributed by atoms with Gasteiger partial charge in [-0.1, -0.05) is 6.42 Å². The molecule has 0 aliphatic carbocycles. The van der Waals surface area contributed by atoms with E-state index in [9.17, 15) is 0 Å². The first-order valence-corrected chi connectivity index (χ1v) is 11.1. The third kappa shape index (κ3) is 5.76. The van der Waals surface area contributed by atoms with Crippen molar-refractivity contribution < 1.29 is 4.74 Å². The van der Waals surface area contributed by atoms with Crippen LogP contribution in [0.1, 0.15) is 44.6 Å². The lowest BCUT2D eigenvalue weighted by Crippen LogP contribution is -2.56. The first-order valence-electron chi connectivity index (χ1n) is 11.1. The lowest BCUT2D eigenvalue weighted by Gasteiger charge is -2.47. The number of anilines is 1. The van der Waals surface area contributed by atoms with Crippen LogP contribution in [0.25, 0.3) is 0 Å². The zero-order chi connectivity index (χ0) is 20.2. The minimum Gasteiger partial charge on any atom is -0.375 e. The van der Waals surface area contributed by atoms with E-state index in [1.165, 1.54) is 37.7 Å². The number of nitrogens with one attached hydrogen (secondary N) is 2. The van der Waals surface area contributed by atoms with E-state index in [0.29, 0.717) is 6.04 Å². The highest BCUT2D eigenvalue weighted by atomic mass is 127. The molecule has 0 saturated carbocycles. The fourth-order valence-electron chi connectivity index (χ4n) is 5.08. The number of guanidine groups is 1. The lowest BCUT2D eigenvalue weighted by atomic mass is 9.82. The van der Waals surface area contributed by atoms with Gasteiger partial charge in [-0.25, -0.2) is 4.98 Å². The van der Waals surface area contributed by atoms with E-state index in [-0.39, 0.29) is 30.1 Å². The van der Waals surface area contributed by atoms with Gasteiger partial charge in [0, 0.05) is 51.0 Å². The Kier molecular flexibility index (Phi) is 8.59. The molecule has 8 heteroatoms. The number of piperidine rings is 2. The molecule has 0 radical (unpaired) electrons. The van der Waals surface area contributed by atoms with E-state index in [2.05, 4.69) is 56.5 Å². The lowest BCUT2D eigenvalue weighted by molar-refractivity contribution is 0.0526. The molecule has 4 rings (SSSR count). The molecule has 3 atom stereocenters. The summed E-state index contributed by atoms with van der Waals surface area (Å²) in [4.78, 5) is 13.9. The topological polar surface area (TPSA) is 65.0 Å². The zero-order valence-corrected chi connectivity index (χ0v) is 20.8.